The minimum Gasteiger partial charge on any atom is -0.489 e. The predicted octanol–water partition coefficient (Wildman–Crippen LogP) is 4.51. The van der Waals surface area contributed by atoms with Gasteiger partial charge in [0, 0.05) is 61.6 Å². The first kappa shape index (κ1) is 31.0. The number of anilines is 1. The third-order valence-corrected chi connectivity index (χ3v) is 7.09. The summed E-state index contributed by atoms with van der Waals surface area (Å²) >= 11 is 6.71. The number of nitrogens with zero attached hydrogens (tertiary/aromatic N) is 4. The summed E-state index contributed by atoms with van der Waals surface area (Å²) in [5, 5.41) is 8.05. The number of halogens is 3. The van der Waals surface area contributed by atoms with Crippen LogP contribution >= 0.6 is 11.6 Å². The van der Waals surface area contributed by atoms with Crippen LogP contribution < -0.4 is 9.64 Å². The van der Waals surface area contributed by atoms with E-state index in [0.717, 1.165) is 18.6 Å². The smallest absolute Gasteiger partial charge is 0.246 e. The Bertz CT molecular complexity index is 1290. The summed E-state index contributed by atoms with van der Waals surface area (Å²) in [7, 11) is 1.64. The first-order valence-corrected chi connectivity index (χ1v) is 13.4. The maximum Gasteiger partial charge on any atom is 0.246 e. The van der Waals surface area contributed by atoms with E-state index in [-0.39, 0.29) is 53.0 Å². The van der Waals surface area contributed by atoms with E-state index in [1.807, 2.05) is 20.8 Å². The quantitative estimate of drug-likeness (QED) is 0.245. The van der Waals surface area contributed by atoms with Crippen molar-refractivity contribution in [2.75, 3.05) is 44.8 Å². The molecule has 0 radical (unpaired) electrons. The fraction of sp³-hybridized carbons (Fsp3) is 0.414. The van der Waals surface area contributed by atoms with E-state index in [1.165, 1.54) is 17.0 Å². The lowest BCUT2D eigenvalue weighted by Gasteiger charge is -2.45. The standard InChI is InChI=1S/C26H27ClF2N4O3.C3H8O/c1-5-22(35)32-12-16(3)33(13-15(32)2)26(30-4)19-11-20(27)23(18-7-6-17(28)10-21(18)29)25-24(19)31(14-34)8-9-36-25;1-2-3-4/h5-7,10-11,14-16H,1,8-9,12-13H2,2-4H3;4H,2-3H2,1H3/t15-,16+;/m1./s1. The van der Waals surface area contributed by atoms with Gasteiger partial charge in [0.2, 0.25) is 12.3 Å². The Morgan fingerprint density at radius 1 is 1.23 bits per heavy atom. The number of ether oxygens (including phenoxy) is 1. The van der Waals surface area contributed by atoms with Crippen molar-refractivity contribution in [2.24, 2.45) is 4.99 Å². The zero-order valence-electron chi connectivity index (χ0n) is 23.2. The molecule has 11 heteroatoms. The highest BCUT2D eigenvalue weighted by Crippen LogP contribution is 2.48. The minimum atomic E-state index is -0.798. The molecule has 0 bridgehead atoms. The van der Waals surface area contributed by atoms with E-state index in [2.05, 4.69) is 16.5 Å². The van der Waals surface area contributed by atoms with Gasteiger partial charge in [0.25, 0.3) is 0 Å². The maximum atomic E-state index is 14.8. The van der Waals surface area contributed by atoms with Crippen LogP contribution in [0.25, 0.3) is 11.1 Å². The van der Waals surface area contributed by atoms with Crippen molar-refractivity contribution in [1.29, 1.82) is 0 Å². The molecule has 0 unspecified atom stereocenters. The number of benzene rings is 2. The fourth-order valence-electron chi connectivity index (χ4n) is 4.87. The molecule has 1 N–H and O–H groups in total. The summed E-state index contributed by atoms with van der Waals surface area (Å²) in [4.78, 5) is 34.2. The average Bonchev–Trinajstić information content (AvgIpc) is 2.95. The van der Waals surface area contributed by atoms with Crippen molar-refractivity contribution in [3.63, 3.8) is 0 Å². The highest BCUT2D eigenvalue weighted by Gasteiger charge is 2.36. The first-order chi connectivity index (χ1) is 19.1. The third-order valence-electron chi connectivity index (χ3n) is 6.79. The van der Waals surface area contributed by atoms with Crippen LogP contribution in [0.4, 0.5) is 14.5 Å². The number of amidine groups is 1. The molecule has 8 nitrogen and oxygen atoms in total. The number of rotatable bonds is 5. The second-order valence-electron chi connectivity index (χ2n) is 9.55. The van der Waals surface area contributed by atoms with E-state index in [0.29, 0.717) is 43.2 Å². The van der Waals surface area contributed by atoms with Gasteiger partial charge in [0.05, 0.1) is 17.3 Å². The zero-order valence-corrected chi connectivity index (χ0v) is 23.9. The van der Waals surface area contributed by atoms with Crippen LogP contribution in [0.15, 0.2) is 41.9 Å². The number of carbonyl (C=O) groups excluding carboxylic acids is 2. The number of aliphatic hydroxyl groups is 1. The van der Waals surface area contributed by atoms with E-state index in [4.69, 9.17) is 21.4 Å². The Kier molecular flexibility index (Phi) is 10.6. The molecule has 2 aliphatic heterocycles. The molecule has 4 rings (SSSR count). The highest BCUT2D eigenvalue weighted by atomic mass is 35.5. The second-order valence-corrected chi connectivity index (χ2v) is 9.95. The van der Waals surface area contributed by atoms with Gasteiger partial charge in [-0.15, -0.1) is 0 Å². The SMILES string of the molecule is C=CC(=O)N1C[C@H](C)N(C(=NC)c2cc(Cl)c(-c3ccc(F)cc3F)c3c2N(C=O)CCO3)C[C@H]1C.CCCO. The minimum absolute atomic E-state index is 0.0606. The Morgan fingerprint density at radius 3 is 2.45 bits per heavy atom. The Balaban J connectivity index is 0.00000103. The summed E-state index contributed by atoms with van der Waals surface area (Å²) in [6.45, 7) is 11.1. The van der Waals surface area contributed by atoms with Gasteiger partial charge < -0.3 is 24.5 Å². The zero-order chi connectivity index (χ0) is 29.6. The molecule has 2 heterocycles. The van der Waals surface area contributed by atoms with Crippen LogP contribution in [-0.4, -0.2) is 85.0 Å². The van der Waals surface area contributed by atoms with Gasteiger partial charge in [0.1, 0.15) is 24.1 Å². The Morgan fingerprint density at radius 2 is 1.88 bits per heavy atom. The molecule has 0 aromatic heterocycles. The molecular weight excluding hydrogens is 542 g/mol. The van der Waals surface area contributed by atoms with Crippen LogP contribution in [0, 0.1) is 11.6 Å². The van der Waals surface area contributed by atoms with E-state index < -0.39 is 11.6 Å². The molecule has 216 valence electrons. The number of aliphatic imine (C=N–C) groups is 1. The van der Waals surface area contributed by atoms with E-state index >= 15 is 0 Å². The van der Waals surface area contributed by atoms with Crippen LogP contribution in [0.3, 0.4) is 0 Å². The van der Waals surface area contributed by atoms with Crippen molar-refractivity contribution in [3.8, 4) is 16.9 Å². The van der Waals surface area contributed by atoms with Gasteiger partial charge in [-0.25, -0.2) is 8.78 Å². The molecule has 40 heavy (non-hydrogen) atoms. The molecule has 2 amide bonds. The van der Waals surface area contributed by atoms with Crippen molar-refractivity contribution in [1.82, 2.24) is 9.80 Å². The molecule has 2 aliphatic rings. The number of hydrogen-bond donors (Lipinski definition) is 1. The molecule has 0 saturated carbocycles. The molecule has 1 saturated heterocycles. The number of aliphatic hydroxyl groups excluding tert-OH is 1. The molecular formula is C29H35ClF2N4O4. The summed E-state index contributed by atoms with van der Waals surface area (Å²) in [6, 6.07) is 4.61. The lowest BCUT2D eigenvalue weighted by molar-refractivity contribution is -0.130. The van der Waals surface area contributed by atoms with Crippen molar-refractivity contribution < 1.29 is 28.2 Å². The lowest BCUT2D eigenvalue weighted by atomic mass is 9.96. The summed E-state index contributed by atoms with van der Waals surface area (Å²) in [5.74, 6) is -0.875. The average molecular weight is 577 g/mol. The van der Waals surface area contributed by atoms with Crippen molar-refractivity contribution in [3.05, 3.63) is 59.1 Å². The van der Waals surface area contributed by atoms with Crippen LogP contribution in [0.5, 0.6) is 5.75 Å². The van der Waals surface area contributed by atoms with Gasteiger partial charge in [-0.05, 0) is 44.5 Å². The van der Waals surface area contributed by atoms with Gasteiger partial charge in [-0.1, -0.05) is 25.1 Å². The van der Waals surface area contributed by atoms with Crippen molar-refractivity contribution >= 4 is 35.4 Å². The number of fused-ring (bicyclic) bond motifs is 1. The fourth-order valence-corrected chi connectivity index (χ4v) is 5.17. The van der Waals surface area contributed by atoms with Gasteiger partial charge in [-0.2, -0.15) is 0 Å². The normalized spacial score (nSPS) is 18.8. The molecule has 0 aliphatic carbocycles. The molecule has 1 fully saturated rings. The van der Waals surface area contributed by atoms with Gasteiger partial charge >= 0.3 is 0 Å². The molecule has 2 aromatic carbocycles. The maximum absolute atomic E-state index is 14.8. The summed E-state index contributed by atoms with van der Waals surface area (Å²) < 4.78 is 34.4. The van der Waals surface area contributed by atoms with Crippen molar-refractivity contribution in [2.45, 2.75) is 39.3 Å². The second kappa shape index (κ2) is 13.7. The van der Waals surface area contributed by atoms with Crippen LogP contribution in [-0.2, 0) is 9.59 Å². The molecule has 0 spiro atoms. The van der Waals surface area contributed by atoms with E-state index in [9.17, 15) is 18.4 Å². The Labute approximate surface area is 238 Å². The highest BCUT2D eigenvalue weighted by molar-refractivity contribution is 6.35. The number of carbonyl (C=O) groups is 2. The van der Waals surface area contributed by atoms with Gasteiger partial charge in [0.15, 0.2) is 5.75 Å². The van der Waals surface area contributed by atoms with E-state index in [1.54, 1.807) is 18.0 Å². The summed E-state index contributed by atoms with van der Waals surface area (Å²) in [6.07, 6.45) is 2.86. The number of hydrogen-bond acceptors (Lipinski definition) is 5. The monoisotopic (exact) mass is 576 g/mol. The Hall–Kier alpha value is -3.50. The van der Waals surface area contributed by atoms with Crippen LogP contribution in [0.1, 0.15) is 32.8 Å². The molecule has 2 atom stereocenters. The lowest BCUT2D eigenvalue weighted by Crippen LogP contribution is -2.59. The van der Waals surface area contributed by atoms with Crippen LogP contribution in [0.2, 0.25) is 5.02 Å². The molecule has 2 aromatic rings. The predicted molar refractivity (Wildman–Crippen MR) is 153 cm³/mol. The summed E-state index contributed by atoms with van der Waals surface area (Å²) in [5.41, 5.74) is 1.24. The topological polar surface area (TPSA) is 85.7 Å². The first-order valence-electron chi connectivity index (χ1n) is 13.1. The number of piperazine rings is 1. The third kappa shape index (κ3) is 6.28. The van der Waals surface area contributed by atoms with Gasteiger partial charge in [-0.3, -0.25) is 14.6 Å². The number of amides is 2. The largest absolute Gasteiger partial charge is 0.489 e.